The molecule has 0 saturated heterocycles. The van der Waals surface area contributed by atoms with Gasteiger partial charge >= 0.3 is 0 Å². The van der Waals surface area contributed by atoms with Gasteiger partial charge in [0, 0.05) is 15.9 Å². The molecule has 0 aromatic heterocycles. The molecule has 0 N–H and O–H groups in total. The molecule has 1 rings (SSSR count). The first-order valence-corrected chi connectivity index (χ1v) is 4.63. The summed E-state index contributed by atoms with van der Waals surface area (Å²) in [7, 11) is 0. The summed E-state index contributed by atoms with van der Waals surface area (Å²) >= 11 is 0. The van der Waals surface area contributed by atoms with Crippen molar-refractivity contribution < 1.29 is 0 Å². The summed E-state index contributed by atoms with van der Waals surface area (Å²) in [6.07, 6.45) is 7.71. The van der Waals surface area contributed by atoms with E-state index in [9.17, 15) is 0 Å². The lowest BCUT2D eigenvalue weighted by molar-refractivity contribution is 0.510. The second-order valence-electron chi connectivity index (χ2n) is 3.18. The predicted octanol–water partition coefficient (Wildman–Crippen LogP) is 3.47. The van der Waals surface area contributed by atoms with Gasteiger partial charge in [-0.2, -0.15) is 0 Å². The molecule has 0 spiro atoms. The van der Waals surface area contributed by atoms with E-state index in [1.54, 1.807) is 0 Å². The van der Waals surface area contributed by atoms with Crippen LogP contribution in [0.4, 0.5) is 0 Å². The molecule has 0 aromatic rings. The van der Waals surface area contributed by atoms with Crippen molar-refractivity contribution in [1.29, 1.82) is 0 Å². The van der Waals surface area contributed by atoms with Crippen molar-refractivity contribution >= 4 is 0 Å². The first kappa shape index (κ1) is 10.4. The fourth-order valence-electron chi connectivity index (χ4n) is 1.52. The van der Waals surface area contributed by atoms with Crippen LogP contribution >= 0.6 is 0 Å². The lowest BCUT2D eigenvalue weighted by Crippen LogP contribution is -2.20. The number of nitrogens with zero attached hydrogens (tertiary/aromatic N) is 6. The minimum absolute atomic E-state index is 0.229. The maximum atomic E-state index is 8.37. The van der Waals surface area contributed by atoms with Gasteiger partial charge in [0.2, 0.25) is 0 Å². The summed E-state index contributed by atoms with van der Waals surface area (Å²) in [4.78, 5) is 5.53. The number of allylic oxidation sites excluding steroid dienone is 1. The Hall–Kier alpha value is -1.64. The highest BCUT2D eigenvalue weighted by Gasteiger charge is 2.17. The first-order chi connectivity index (χ1) is 6.88. The minimum Gasteiger partial charge on any atom is -0.0899 e. The fourth-order valence-corrected chi connectivity index (χ4v) is 1.52. The van der Waals surface area contributed by atoms with Gasteiger partial charge in [0.05, 0.1) is 6.04 Å². The predicted molar refractivity (Wildman–Crippen MR) is 53.5 cm³/mol. The summed E-state index contributed by atoms with van der Waals surface area (Å²) in [6, 6.07) is -0.552. The van der Waals surface area contributed by atoms with Crippen LogP contribution in [0, 0.1) is 0 Å². The maximum Gasteiger partial charge on any atom is 0.0639 e. The SMILES string of the molecule is [N-]=[N+]=NC1/C=C\CCCCC1N=[N+]=[N-]. The maximum absolute atomic E-state index is 8.37. The largest absolute Gasteiger partial charge is 0.0899 e. The molecule has 0 fully saturated rings. The summed E-state index contributed by atoms with van der Waals surface area (Å²) in [5.74, 6) is 0. The molecule has 6 nitrogen and oxygen atoms in total. The molecule has 1 aliphatic rings. The van der Waals surface area contributed by atoms with E-state index in [0.29, 0.717) is 0 Å². The average Bonchev–Trinajstić information content (AvgIpc) is 2.16. The van der Waals surface area contributed by atoms with Crippen molar-refractivity contribution in [3.05, 3.63) is 33.0 Å². The van der Waals surface area contributed by atoms with Crippen molar-refractivity contribution in [2.45, 2.75) is 37.8 Å². The lowest BCUT2D eigenvalue weighted by Gasteiger charge is -2.17. The first-order valence-electron chi connectivity index (χ1n) is 4.63. The van der Waals surface area contributed by atoms with Crippen LogP contribution in [0.3, 0.4) is 0 Å². The summed E-state index contributed by atoms with van der Waals surface area (Å²) < 4.78 is 0. The van der Waals surface area contributed by atoms with Crippen LogP contribution in [0.15, 0.2) is 22.4 Å². The molecule has 0 heterocycles. The van der Waals surface area contributed by atoms with E-state index in [4.69, 9.17) is 11.1 Å². The van der Waals surface area contributed by atoms with Crippen LogP contribution in [-0.2, 0) is 0 Å². The molecule has 14 heavy (non-hydrogen) atoms. The highest BCUT2D eigenvalue weighted by Crippen LogP contribution is 2.18. The van der Waals surface area contributed by atoms with E-state index in [1.165, 1.54) is 0 Å². The molecule has 0 aromatic carbocycles. The minimum atomic E-state index is -0.323. The Morgan fingerprint density at radius 3 is 2.64 bits per heavy atom. The highest BCUT2D eigenvalue weighted by molar-refractivity contribution is 5.01. The van der Waals surface area contributed by atoms with Crippen LogP contribution in [0.5, 0.6) is 0 Å². The Labute approximate surface area is 81.9 Å². The standard InChI is InChI=1S/C8H12N6/c9-13-11-7-5-3-1-2-4-6-8(7)12-14-10/h3,5,7-8H,1-2,4,6H2/b5-3-. The van der Waals surface area contributed by atoms with E-state index in [0.717, 1.165) is 25.7 Å². The Morgan fingerprint density at radius 2 is 1.93 bits per heavy atom. The van der Waals surface area contributed by atoms with Crippen LogP contribution in [0.25, 0.3) is 20.9 Å². The monoisotopic (exact) mass is 192 g/mol. The van der Waals surface area contributed by atoms with Crippen molar-refractivity contribution in [1.82, 2.24) is 0 Å². The zero-order chi connectivity index (χ0) is 10.2. The van der Waals surface area contributed by atoms with Gasteiger partial charge in [-0.25, -0.2) is 0 Å². The average molecular weight is 192 g/mol. The second kappa shape index (κ2) is 5.91. The van der Waals surface area contributed by atoms with Crippen LogP contribution < -0.4 is 0 Å². The molecular formula is C8H12N6. The van der Waals surface area contributed by atoms with Gasteiger partial charge in [-0.1, -0.05) is 28.8 Å². The van der Waals surface area contributed by atoms with Gasteiger partial charge < -0.3 is 0 Å². The van der Waals surface area contributed by atoms with Crippen molar-refractivity contribution in [3.8, 4) is 0 Å². The molecule has 0 bridgehead atoms. The Morgan fingerprint density at radius 1 is 1.14 bits per heavy atom. The molecule has 1 aliphatic carbocycles. The zero-order valence-corrected chi connectivity index (χ0v) is 7.82. The van der Waals surface area contributed by atoms with Gasteiger partial charge in [-0.3, -0.25) is 0 Å². The molecule has 0 aliphatic heterocycles. The third-order valence-electron chi connectivity index (χ3n) is 2.23. The normalized spacial score (nSPS) is 28.9. The van der Waals surface area contributed by atoms with Gasteiger partial charge in [0.15, 0.2) is 0 Å². The van der Waals surface area contributed by atoms with E-state index in [1.807, 2.05) is 12.2 Å². The zero-order valence-electron chi connectivity index (χ0n) is 7.82. The van der Waals surface area contributed by atoms with Gasteiger partial charge in [0.1, 0.15) is 0 Å². The van der Waals surface area contributed by atoms with Crippen molar-refractivity contribution in [3.63, 3.8) is 0 Å². The number of azide groups is 2. The van der Waals surface area contributed by atoms with E-state index < -0.39 is 0 Å². The molecule has 74 valence electrons. The van der Waals surface area contributed by atoms with Gasteiger partial charge in [-0.15, -0.1) is 0 Å². The molecule has 0 amide bonds. The highest BCUT2D eigenvalue weighted by atomic mass is 15.2. The van der Waals surface area contributed by atoms with Crippen LogP contribution in [0.2, 0.25) is 0 Å². The summed E-state index contributed by atoms with van der Waals surface area (Å²) in [6.45, 7) is 0. The van der Waals surface area contributed by atoms with Crippen LogP contribution in [0.1, 0.15) is 25.7 Å². The lowest BCUT2D eigenvalue weighted by atomic mass is 9.98. The second-order valence-corrected chi connectivity index (χ2v) is 3.18. The quantitative estimate of drug-likeness (QED) is 0.277. The molecule has 0 saturated carbocycles. The topological polar surface area (TPSA) is 97.5 Å². The fraction of sp³-hybridized carbons (Fsp3) is 0.750. The third-order valence-corrected chi connectivity index (χ3v) is 2.23. The van der Waals surface area contributed by atoms with Crippen molar-refractivity contribution in [2.24, 2.45) is 10.2 Å². The Kier molecular flexibility index (Phi) is 4.41. The third kappa shape index (κ3) is 3.01. The van der Waals surface area contributed by atoms with E-state index >= 15 is 0 Å². The van der Waals surface area contributed by atoms with Gasteiger partial charge in [0.25, 0.3) is 0 Å². The number of rotatable bonds is 2. The smallest absolute Gasteiger partial charge is 0.0639 e. The number of hydrogen-bond acceptors (Lipinski definition) is 2. The van der Waals surface area contributed by atoms with E-state index in [2.05, 4.69) is 20.1 Å². The van der Waals surface area contributed by atoms with Crippen molar-refractivity contribution in [2.75, 3.05) is 0 Å². The number of hydrogen-bond donors (Lipinski definition) is 0. The molecular weight excluding hydrogens is 180 g/mol. The Bertz CT molecular complexity index is 297. The van der Waals surface area contributed by atoms with Gasteiger partial charge in [-0.05, 0) is 30.3 Å². The summed E-state index contributed by atoms with van der Waals surface area (Å²) in [5.41, 5.74) is 16.7. The summed E-state index contributed by atoms with van der Waals surface area (Å²) in [5, 5.41) is 7.26. The molecule has 2 atom stereocenters. The molecule has 0 radical (unpaired) electrons. The molecule has 2 unspecified atom stereocenters. The van der Waals surface area contributed by atoms with Crippen LogP contribution in [-0.4, -0.2) is 12.1 Å². The molecule has 6 heteroatoms. The van der Waals surface area contributed by atoms with E-state index in [-0.39, 0.29) is 12.1 Å². The Balaban J connectivity index is 2.82.